The van der Waals surface area contributed by atoms with Gasteiger partial charge in [-0.05, 0) is 14.0 Å². The van der Waals surface area contributed by atoms with Gasteiger partial charge in [0, 0.05) is 37.7 Å². The first-order valence-electron chi connectivity index (χ1n) is 4.58. The molecular weight excluding hydrogens is 150 g/mol. The molecular formula is C9H19N3. The topological polar surface area (TPSA) is 27.6 Å². The Kier molecular flexibility index (Phi) is 3.09. The molecule has 2 unspecified atom stereocenters. The largest absolute Gasteiger partial charge is 0.313 e. The van der Waals surface area contributed by atoms with Gasteiger partial charge >= 0.3 is 0 Å². The summed E-state index contributed by atoms with van der Waals surface area (Å²) in [7, 11) is 4.04. The molecule has 0 bridgehead atoms. The Balaban J connectivity index is 2.61. The summed E-state index contributed by atoms with van der Waals surface area (Å²) in [4.78, 5) is 2.39. The van der Waals surface area contributed by atoms with Crippen molar-refractivity contribution in [2.75, 3.05) is 20.6 Å². The molecule has 0 amide bonds. The van der Waals surface area contributed by atoms with E-state index < -0.39 is 0 Å². The van der Waals surface area contributed by atoms with Crippen LogP contribution in [0.15, 0.2) is 5.10 Å². The van der Waals surface area contributed by atoms with Crippen LogP contribution < -0.4 is 5.43 Å². The molecule has 0 spiro atoms. The van der Waals surface area contributed by atoms with E-state index in [1.54, 1.807) is 0 Å². The van der Waals surface area contributed by atoms with Crippen LogP contribution in [-0.2, 0) is 0 Å². The zero-order chi connectivity index (χ0) is 9.14. The van der Waals surface area contributed by atoms with E-state index >= 15 is 0 Å². The maximum Gasteiger partial charge on any atom is 0.0434 e. The third-order valence-corrected chi connectivity index (χ3v) is 2.64. The molecule has 0 aliphatic carbocycles. The van der Waals surface area contributed by atoms with Crippen LogP contribution >= 0.6 is 0 Å². The fourth-order valence-electron chi connectivity index (χ4n) is 1.68. The van der Waals surface area contributed by atoms with Gasteiger partial charge in [-0.3, -0.25) is 0 Å². The molecule has 1 N–H and O–H groups in total. The number of hydrazone groups is 1. The SMILES string of the molecule is CN/N=C1/CC(C)N(C)CC1C. The Morgan fingerprint density at radius 2 is 2.17 bits per heavy atom. The van der Waals surface area contributed by atoms with Gasteiger partial charge in [-0.25, -0.2) is 0 Å². The smallest absolute Gasteiger partial charge is 0.0434 e. The third kappa shape index (κ3) is 1.97. The van der Waals surface area contributed by atoms with Crippen molar-refractivity contribution in [1.82, 2.24) is 10.3 Å². The molecule has 1 aliphatic heterocycles. The quantitative estimate of drug-likeness (QED) is 0.591. The highest BCUT2D eigenvalue weighted by Gasteiger charge is 2.24. The molecule has 1 rings (SSSR count). The van der Waals surface area contributed by atoms with Gasteiger partial charge in [0.1, 0.15) is 0 Å². The maximum absolute atomic E-state index is 4.29. The molecule has 12 heavy (non-hydrogen) atoms. The van der Waals surface area contributed by atoms with Crippen molar-refractivity contribution in [2.24, 2.45) is 11.0 Å². The van der Waals surface area contributed by atoms with Crippen LogP contribution in [0.3, 0.4) is 0 Å². The number of hydrogen-bond donors (Lipinski definition) is 1. The highest BCUT2D eigenvalue weighted by Crippen LogP contribution is 2.17. The van der Waals surface area contributed by atoms with Crippen LogP contribution in [0.4, 0.5) is 0 Å². The Morgan fingerprint density at radius 1 is 1.50 bits per heavy atom. The van der Waals surface area contributed by atoms with Gasteiger partial charge in [0.25, 0.3) is 0 Å². The van der Waals surface area contributed by atoms with E-state index in [0.717, 1.165) is 13.0 Å². The standard InChI is InChI=1S/C9H19N3/c1-7-6-12(4)8(2)5-9(7)11-10-3/h7-8,10H,5-6H2,1-4H3/b11-9-. The van der Waals surface area contributed by atoms with Gasteiger partial charge in [0.2, 0.25) is 0 Å². The predicted octanol–water partition coefficient (Wildman–Crippen LogP) is 0.922. The summed E-state index contributed by atoms with van der Waals surface area (Å²) in [5.41, 5.74) is 4.18. The van der Waals surface area contributed by atoms with Crippen LogP contribution in [0.5, 0.6) is 0 Å². The summed E-state index contributed by atoms with van der Waals surface area (Å²) in [6.07, 6.45) is 1.10. The minimum Gasteiger partial charge on any atom is -0.313 e. The first-order chi connectivity index (χ1) is 5.65. The van der Waals surface area contributed by atoms with Gasteiger partial charge in [0.05, 0.1) is 0 Å². The van der Waals surface area contributed by atoms with E-state index in [1.807, 2.05) is 7.05 Å². The van der Waals surface area contributed by atoms with E-state index in [4.69, 9.17) is 0 Å². The molecule has 0 radical (unpaired) electrons. The lowest BCUT2D eigenvalue weighted by atomic mass is 9.93. The number of piperidine rings is 1. The molecule has 3 nitrogen and oxygen atoms in total. The summed E-state index contributed by atoms with van der Waals surface area (Å²) in [6.45, 7) is 5.61. The Labute approximate surface area is 74.8 Å². The van der Waals surface area contributed by atoms with Gasteiger partial charge in [-0.15, -0.1) is 0 Å². The normalized spacial score (nSPS) is 35.5. The van der Waals surface area contributed by atoms with Crippen LogP contribution in [0.25, 0.3) is 0 Å². The van der Waals surface area contributed by atoms with Crippen LogP contribution in [0.1, 0.15) is 20.3 Å². The van der Waals surface area contributed by atoms with Crippen molar-refractivity contribution >= 4 is 5.71 Å². The number of rotatable bonds is 1. The van der Waals surface area contributed by atoms with Crippen LogP contribution in [-0.4, -0.2) is 37.3 Å². The van der Waals surface area contributed by atoms with E-state index in [2.05, 4.69) is 36.3 Å². The molecule has 2 atom stereocenters. The highest BCUT2D eigenvalue weighted by molar-refractivity contribution is 5.87. The summed E-state index contributed by atoms with van der Waals surface area (Å²) in [5, 5.41) is 4.29. The molecule has 0 aromatic rings. The molecule has 0 saturated carbocycles. The second-order valence-electron chi connectivity index (χ2n) is 3.72. The Bertz CT molecular complexity index is 177. The third-order valence-electron chi connectivity index (χ3n) is 2.64. The second kappa shape index (κ2) is 3.90. The van der Waals surface area contributed by atoms with E-state index in [0.29, 0.717) is 12.0 Å². The van der Waals surface area contributed by atoms with E-state index in [9.17, 15) is 0 Å². The van der Waals surface area contributed by atoms with Gasteiger partial charge in [-0.2, -0.15) is 5.10 Å². The fraction of sp³-hybridized carbons (Fsp3) is 0.889. The average Bonchev–Trinajstić information content (AvgIpc) is 2.01. The number of hydrogen-bond acceptors (Lipinski definition) is 3. The van der Waals surface area contributed by atoms with Crippen molar-refractivity contribution in [3.8, 4) is 0 Å². The number of nitrogens with zero attached hydrogens (tertiary/aromatic N) is 2. The second-order valence-corrected chi connectivity index (χ2v) is 3.72. The first-order valence-corrected chi connectivity index (χ1v) is 4.58. The lowest BCUT2D eigenvalue weighted by Crippen LogP contribution is -2.43. The molecule has 1 fully saturated rings. The van der Waals surface area contributed by atoms with Crippen molar-refractivity contribution in [1.29, 1.82) is 0 Å². The fourth-order valence-corrected chi connectivity index (χ4v) is 1.68. The Morgan fingerprint density at radius 3 is 2.75 bits per heavy atom. The molecule has 70 valence electrons. The molecule has 0 aromatic heterocycles. The molecule has 0 aromatic carbocycles. The lowest BCUT2D eigenvalue weighted by Gasteiger charge is -2.34. The van der Waals surface area contributed by atoms with Crippen molar-refractivity contribution in [2.45, 2.75) is 26.3 Å². The maximum atomic E-state index is 4.29. The van der Waals surface area contributed by atoms with Crippen LogP contribution in [0.2, 0.25) is 0 Å². The lowest BCUT2D eigenvalue weighted by molar-refractivity contribution is 0.225. The highest BCUT2D eigenvalue weighted by atomic mass is 15.3. The minimum absolute atomic E-state index is 0.596. The zero-order valence-electron chi connectivity index (χ0n) is 8.46. The molecule has 1 saturated heterocycles. The number of nitrogens with one attached hydrogen (secondary N) is 1. The molecule has 1 heterocycles. The predicted molar refractivity (Wildman–Crippen MR) is 52.4 cm³/mol. The van der Waals surface area contributed by atoms with Gasteiger partial charge < -0.3 is 10.3 Å². The summed E-state index contributed by atoms with van der Waals surface area (Å²) in [5.74, 6) is 0.596. The van der Waals surface area contributed by atoms with Crippen molar-refractivity contribution in [3.05, 3.63) is 0 Å². The van der Waals surface area contributed by atoms with Gasteiger partial charge in [-0.1, -0.05) is 6.92 Å². The van der Waals surface area contributed by atoms with Crippen LogP contribution in [0, 0.1) is 5.92 Å². The van der Waals surface area contributed by atoms with E-state index in [1.165, 1.54) is 5.71 Å². The minimum atomic E-state index is 0.596. The summed E-state index contributed by atoms with van der Waals surface area (Å²) in [6, 6.07) is 0.633. The first kappa shape index (κ1) is 9.52. The van der Waals surface area contributed by atoms with E-state index in [-0.39, 0.29) is 0 Å². The summed E-state index contributed by atoms with van der Waals surface area (Å²) >= 11 is 0. The van der Waals surface area contributed by atoms with Crippen molar-refractivity contribution in [3.63, 3.8) is 0 Å². The summed E-state index contributed by atoms with van der Waals surface area (Å²) < 4.78 is 0. The average molecular weight is 169 g/mol. The molecule has 3 heteroatoms. The molecule has 1 aliphatic rings. The van der Waals surface area contributed by atoms with Gasteiger partial charge in [0.15, 0.2) is 0 Å². The monoisotopic (exact) mass is 169 g/mol. The Hall–Kier alpha value is -0.570. The van der Waals surface area contributed by atoms with Crippen molar-refractivity contribution < 1.29 is 0 Å². The number of likely N-dealkylation sites (tertiary alicyclic amines) is 1. The zero-order valence-corrected chi connectivity index (χ0v) is 8.46.